The van der Waals surface area contributed by atoms with E-state index in [1.165, 1.54) is 56.2 Å². The van der Waals surface area contributed by atoms with Gasteiger partial charge < -0.3 is 4.48 Å². The second-order valence-electron chi connectivity index (χ2n) is 5.81. The Kier molecular flexibility index (Phi) is 3.59. The molecular weight excluding hydrogens is 222 g/mol. The molecule has 94 valence electrons. The van der Waals surface area contributed by atoms with Crippen molar-refractivity contribution >= 4 is 9.84 Å². The Hall–Kier alpha value is -0.0900. The first-order valence-electron chi connectivity index (χ1n) is 6.52. The molecule has 3 saturated heterocycles. The third kappa shape index (κ3) is 3.20. The highest BCUT2D eigenvalue weighted by atomic mass is 32.2. The molecule has 3 rings (SSSR count). The van der Waals surface area contributed by atoms with Crippen molar-refractivity contribution in [3.63, 3.8) is 0 Å². The molecule has 0 unspecified atom stereocenters. The molecule has 0 aromatic carbocycles. The third-order valence-electron chi connectivity index (χ3n) is 4.43. The van der Waals surface area contributed by atoms with Crippen LogP contribution in [-0.4, -0.2) is 51.1 Å². The number of unbranched alkanes of at least 4 members (excludes halogenated alkanes) is 1. The Morgan fingerprint density at radius 2 is 1.62 bits per heavy atom. The highest BCUT2D eigenvalue weighted by Gasteiger charge is 2.38. The lowest BCUT2D eigenvalue weighted by molar-refractivity contribution is -0.942. The predicted octanol–water partition coefficient (Wildman–Crippen LogP) is 1.44. The zero-order valence-electron chi connectivity index (χ0n) is 10.3. The molecule has 3 fully saturated rings. The van der Waals surface area contributed by atoms with E-state index in [-0.39, 0.29) is 0 Å². The van der Waals surface area contributed by atoms with Crippen molar-refractivity contribution in [2.75, 3.05) is 38.2 Å². The lowest BCUT2D eigenvalue weighted by Crippen LogP contribution is -2.58. The van der Waals surface area contributed by atoms with E-state index >= 15 is 0 Å². The van der Waals surface area contributed by atoms with E-state index in [2.05, 4.69) is 0 Å². The maximum absolute atomic E-state index is 11.0. The standard InChI is InChI=1S/C12H24NO2S/c1-16(14,15)11-3-2-7-13-8-4-12(5-9-13)6-10-13/h12H,2-11H2,1H3/q+1. The number of quaternary nitrogens is 1. The first-order chi connectivity index (χ1) is 7.49. The molecule has 16 heavy (non-hydrogen) atoms. The average Bonchev–Trinajstić information content (AvgIpc) is 2.26. The van der Waals surface area contributed by atoms with E-state index in [0.29, 0.717) is 5.75 Å². The predicted molar refractivity (Wildman–Crippen MR) is 66.0 cm³/mol. The molecule has 4 heteroatoms. The number of piperidine rings is 3. The Balaban J connectivity index is 1.73. The molecule has 0 aliphatic carbocycles. The molecule has 3 aliphatic heterocycles. The summed E-state index contributed by atoms with van der Waals surface area (Å²) in [6.45, 7) is 5.26. The van der Waals surface area contributed by atoms with Crippen LogP contribution in [0.1, 0.15) is 32.1 Å². The SMILES string of the molecule is CS(=O)(=O)CCCC[N+]12CCC(CC1)CC2. The van der Waals surface area contributed by atoms with Crippen molar-refractivity contribution in [2.45, 2.75) is 32.1 Å². The van der Waals surface area contributed by atoms with Gasteiger partial charge in [0.1, 0.15) is 9.84 Å². The largest absolute Gasteiger partial charge is 0.324 e. The van der Waals surface area contributed by atoms with E-state index in [0.717, 1.165) is 18.8 Å². The molecule has 2 bridgehead atoms. The second kappa shape index (κ2) is 4.65. The summed E-state index contributed by atoms with van der Waals surface area (Å²) >= 11 is 0. The van der Waals surface area contributed by atoms with E-state index in [9.17, 15) is 8.42 Å². The minimum Gasteiger partial charge on any atom is -0.324 e. The van der Waals surface area contributed by atoms with Crippen molar-refractivity contribution in [2.24, 2.45) is 5.92 Å². The summed E-state index contributed by atoms with van der Waals surface area (Å²) in [7, 11) is -2.75. The van der Waals surface area contributed by atoms with Gasteiger partial charge in [-0.3, -0.25) is 0 Å². The van der Waals surface area contributed by atoms with Crippen LogP contribution in [0, 0.1) is 5.92 Å². The number of hydrogen-bond donors (Lipinski definition) is 0. The normalized spacial score (nSPS) is 34.2. The Labute approximate surface area is 99.3 Å². The van der Waals surface area contributed by atoms with Crippen LogP contribution in [0.2, 0.25) is 0 Å². The molecule has 0 N–H and O–H groups in total. The lowest BCUT2D eigenvalue weighted by Gasteiger charge is -2.49. The summed E-state index contributed by atoms with van der Waals surface area (Å²) in [6, 6.07) is 0. The monoisotopic (exact) mass is 246 g/mol. The van der Waals surface area contributed by atoms with Gasteiger partial charge in [0.05, 0.1) is 31.9 Å². The van der Waals surface area contributed by atoms with Crippen molar-refractivity contribution < 1.29 is 12.9 Å². The van der Waals surface area contributed by atoms with Crippen molar-refractivity contribution in [1.29, 1.82) is 0 Å². The minimum absolute atomic E-state index is 0.371. The Bertz CT molecular complexity index is 315. The van der Waals surface area contributed by atoms with Crippen LogP contribution >= 0.6 is 0 Å². The van der Waals surface area contributed by atoms with E-state index < -0.39 is 9.84 Å². The van der Waals surface area contributed by atoms with Crippen molar-refractivity contribution in [3.05, 3.63) is 0 Å². The van der Waals surface area contributed by atoms with Gasteiger partial charge in [-0.05, 0) is 38.0 Å². The number of fused-ring (bicyclic) bond motifs is 3. The van der Waals surface area contributed by atoms with Crippen LogP contribution in [0.15, 0.2) is 0 Å². The molecule has 0 spiro atoms. The van der Waals surface area contributed by atoms with Gasteiger partial charge in [0, 0.05) is 6.26 Å². The Morgan fingerprint density at radius 3 is 2.12 bits per heavy atom. The van der Waals surface area contributed by atoms with Gasteiger partial charge in [-0.25, -0.2) is 8.42 Å². The summed E-state index contributed by atoms with van der Waals surface area (Å²) in [5, 5.41) is 0. The van der Waals surface area contributed by atoms with Crippen LogP contribution in [0.5, 0.6) is 0 Å². The van der Waals surface area contributed by atoms with Gasteiger partial charge >= 0.3 is 0 Å². The first-order valence-corrected chi connectivity index (χ1v) is 8.58. The van der Waals surface area contributed by atoms with Crippen molar-refractivity contribution in [3.8, 4) is 0 Å². The van der Waals surface area contributed by atoms with Crippen molar-refractivity contribution in [1.82, 2.24) is 0 Å². The zero-order valence-corrected chi connectivity index (χ0v) is 11.1. The number of rotatable bonds is 5. The van der Waals surface area contributed by atoms with Gasteiger partial charge in [-0.15, -0.1) is 0 Å². The Morgan fingerprint density at radius 1 is 1.06 bits per heavy atom. The van der Waals surface area contributed by atoms with Crippen LogP contribution in [0.3, 0.4) is 0 Å². The fourth-order valence-corrected chi connectivity index (χ4v) is 4.01. The van der Waals surface area contributed by atoms with E-state index in [4.69, 9.17) is 0 Å². The van der Waals surface area contributed by atoms with E-state index in [1.807, 2.05) is 0 Å². The molecule has 0 amide bonds. The molecule has 0 saturated carbocycles. The van der Waals surface area contributed by atoms with Gasteiger partial charge in [0.25, 0.3) is 0 Å². The maximum Gasteiger partial charge on any atom is 0.147 e. The quantitative estimate of drug-likeness (QED) is 0.543. The second-order valence-corrected chi connectivity index (χ2v) is 8.06. The van der Waals surface area contributed by atoms with Gasteiger partial charge in [-0.1, -0.05) is 0 Å². The highest BCUT2D eigenvalue weighted by molar-refractivity contribution is 7.90. The summed E-state index contributed by atoms with van der Waals surface area (Å²) < 4.78 is 23.4. The summed E-state index contributed by atoms with van der Waals surface area (Å²) in [5.74, 6) is 1.38. The molecule has 3 nitrogen and oxygen atoms in total. The molecule has 0 atom stereocenters. The zero-order chi connectivity index (χ0) is 11.6. The first kappa shape index (κ1) is 12.4. The summed E-state index contributed by atoms with van der Waals surface area (Å²) in [4.78, 5) is 0. The van der Waals surface area contributed by atoms with Crippen LogP contribution in [0.25, 0.3) is 0 Å². The smallest absolute Gasteiger partial charge is 0.147 e. The summed E-state index contributed by atoms with van der Waals surface area (Å²) in [5.41, 5.74) is 0. The maximum atomic E-state index is 11.0. The molecule has 0 radical (unpaired) electrons. The fourth-order valence-electron chi connectivity index (χ4n) is 3.28. The minimum atomic E-state index is -2.75. The number of sulfone groups is 1. The van der Waals surface area contributed by atoms with Gasteiger partial charge in [0.15, 0.2) is 0 Å². The topological polar surface area (TPSA) is 34.1 Å². The van der Waals surface area contributed by atoms with Crippen LogP contribution in [-0.2, 0) is 9.84 Å². The molecule has 3 heterocycles. The van der Waals surface area contributed by atoms with Gasteiger partial charge in [0.2, 0.25) is 0 Å². The average molecular weight is 246 g/mol. The van der Waals surface area contributed by atoms with Gasteiger partial charge in [-0.2, -0.15) is 0 Å². The lowest BCUT2D eigenvalue weighted by atomic mass is 9.85. The highest BCUT2D eigenvalue weighted by Crippen LogP contribution is 2.33. The van der Waals surface area contributed by atoms with Crippen LogP contribution in [0.4, 0.5) is 0 Å². The summed E-state index contributed by atoms with van der Waals surface area (Å²) in [6.07, 6.45) is 7.50. The van der Waals surface area contributed by atoms with E-state index in [1.54, 1.807) is 0 Å². The third-order valence-corrected chi connectivity index (χ3v) is 5.46. The number of hydrogen-bond acceptors (Lipinski definition) is 2. The number of nitrogens with zero attached hydrogens (tertiary/aromatic N) is 1. The molecular formula is C12H24NO2S+. The molecule has 0 aromatic rings. The molecule has 0 aromatic heterocycles. The van der Waals surface area contributed by atoms with Crippen LogP contribution < -0.4 is 0 Å². The fraction of sp³-hybridized carbons (Fsp3) is 1.00. The molecule has 3 aliphatic rings.